The van der Waals surface area contributed by atoms with E-state index in [0.29, 0.717) is 12.5 Å². The van der Waals surface area contributed by atoms with E-state index in [0.717, 1.165) is 25.0 Å². The minimum Gasteiger partial charge on any atom is -0.394 e. The number of nitrogens with one attached hydrogen (secondary N) is 2. The zero-order chi connectivity index (χ0) is 16.7. The third kappa shape index (κ3) is 5.55. The van der Waals surface area contributed by atoms with Gasteiger partial charge in [0.25, 0.3) is 0 Å². The zero-order valence-corrected chi connectivity index (χ0v) is 12.6. The van der Waals surface area contributed by atoms with Crippen LogP contribution in [-0.4, -0.2) is 24.3 Å². The van der Waals surface area contributed by atoms with E-state index < -0.39 is 36.1 Å². The summed E-state index contributed by atoms with van der Waals surface area (Å²) in [6.07, 6.45) is 1.76. The maximum atomic E-state index is 13.2. The Hall–Kier alpha value is -1.76. The Labute approximate surface area is 127 Å². The van der Waals surface area contributed by atoms with Crippen molar-refractivity contribution >= 4 is 6.03 Å². The van der Waals surface area contributed by atoms with Crippen molar-refractivity contribution in [3.63, 3.8) is 0 Å². The summed E-state index contributed by atoms with van der Waals surface area (Å²) in [7, 11) is 0. The number of benzene rings is 1. The van der Waals surface area contributed by atoms with Crippen LogP contribution < -0.4 is 10.6 Å². The van der Waals surface area contributed by atoms with Gasteiger partial charge in [-0.2, -0.15) is 0 Å². The predicted octanol–water partition coefficient (Wildman–Crippen LogP) is 2.87. The first kappa shape index (κ1) is 18.3. The first-order valence-corrected chi connectivity index (χ1v) is 7.14. The highest BCUT2D eigenvalue weighted by molar-refractivity contribution is 5.74. The SMILES string of the molecule is CC(C)CCCNC(=O)NC(CO)c1cc(F)c(F)c(F)c1. The number of hydrogen-bond acceptors (Lipinski definition) is 2. The number of urea groups is 1. The molecule has 1 aromatic carbocycles. The Morgan fingerprint density at radius 1 is 1.23 bits per heavy atom. The highest BCUT2D eigenvalue weighted by Crippen LogP contribution is 2.19. The monoisotopic (exact) mass is 318 g/mol. The second-order valence-electron chi connectivity index (χ2n) is 5.47. The highest BCUT2D eigenvalue weighted by atomic mass is 19.2. The smallest absolute Gasteiger partial charge is 0.315 e. The number of rotatable bonds is 7. The number of carbonyl (C=O) groups excluding carboxylic acids is 1. The summed E-state index contributed by atoms with van der Waals surface area (Å²) < 4.78 is 39.2. The fourth-order valence-corrected chi connectivity index (χ4v) is 1.93. The molecule has 1 unspecified atom stereocenters. The molecule has 0 saturated carbocycles. The molecule has 0 spiro atoms. The van der Waals surface area contributed by atoms with Gasteiger partial charge in [0.15, 0.2) is 17.5 Å². The van der Waals surface area contributed by atoms with Crippen LogP contribution in [0, 0.1) is 23.4 Å². The second kappa shape index (κ2) is 8.63. The average Bonchev–Trinajstić information content (AvgIpc) is 2.46. The molecule has 0 aliphatic carbocycles. The molecule has 4 nitrogen and oxygen atoms in total. The van der Waals surface area contributed by atoms with Crippen LogP contribution in [0.15, 0.2) is 12.1 Å². The molecular weight excluding hydrogens is 297 g/mol. The van der Waals surface area contributed by atoms with Gasteiger partial charge in [-0.05, 0) is 36.5 Å². The molecule has 1 atom stereocenters. The van der Waals surface area contributed by atoms with Crippen molar-refractivity contribution in [3.8, 4) is 0 Å². The van der Waals surface area contributed by atoms with Crippen LogP contribution in [0.1, 0.15) is 38.3 Å². The van der Waals surface area contributed by atoms with Crippen LogP contribution in [0.25, 0.3) is 0 Å². The standard InChI is InChI=1S/C15H21F3N2O2/c1-9(2)4-3-5-19-15(22)20-13(8-21)10-6-11(16)14(18)12(17)7-10/h6-7,9,13,21H,3-5,8H2,1-2H3,(H2,19,20,22). The molecule has 2 amide bonds. The van der Waals surface area contributed by atoms with Gasteiger partial charge in [0, 0.05) is 6.54 Å². The van der Waals surface area contributed by atoms with Crippen molar-refractivity contribution in [1.29, 1.82) is 0 Å². The summed E-state index contributed by atoms with van der Waals surface area (Å²) in [5, 5.41) is 14.2. The lowest BCUT2D eigenvalue weighted by Crippen LogP contribution is -2.39. The number of aliphatic hydroxyl groups excluding tert-OH is 1. The van der Waals surface area contributed by atoms with E-state index >= 15 is 0 Å². The lowest BCUT2D eigenvalue weighted by atomic mass is 10.1. The molecule has 0 aliphatic rings. The van der Waals surface area contributed by atoms with E-state index in [4.69, 9.17) is 0 Å². The van der Waals surface area contributed by atoms with Gasteiger partial charge in [-0.1, -0.05) is 13.8 Å². The number of amides is 2. The summed E-state index contributed by atoms with van der Waals surface area (Å²) in [6.45, 7) is 4.03. The molecule has 7 heteroatoms. The first-order chi connectivity index (χ1) is 10.3. The van der Waals surface area contributed by atoms with Gasteiger partial charge in [-0.15, -0.1) is 0 Å². The molecule has 124 valence electrons. The van der Waals surface area contributed by atoms with Crippen molar-refractivity contribution in [2.75, 3.05) is 13.2 Å². The third-order valence-corrected chi connectivity index (χ3v) is 3.14. The summed E-state index contributed by atoms with van der Waals surface area (Å²) >= 11 is 0. The third-order valence-electron chi connectivity index (χ3n) is 3.14. The van der Waals surface area contributed by atoms with E-state index in [2.05, 4.69) is 24.5 Å². The molecule has 0 aliphatic heterocycles. The molecule has 0 radical (unpaired) electrons. The molecule has 0 aromatic heterocycles. The number of aliphatic hydroxyl groups is 1. The van der Waals surface area contributed by atoms with Crippen molar-refractivity contribution in [1.82, 2.24) is 10.6 Å². The van der Waals surface area contributed by atoms with E-state index in [-0.39, 0.29) is 5.56 Å². The van der Waals surface area contributed by atoms with E-state index in [1.165, 1.54) is 0 Å². The number of hydrogen-bond donors (Lipinski definition) is 3. The quantitative estimate of drug-likeness (QED) is 0.535. The number of halogens is 3. The Bertz CT molecular complexity index is 487. The Kier molecular flexibility index (Phi) is 7.17. The Morgan fingerprint density at radius 2 is 1.82 bits per heavy atom. The van der Waals surface area contributed by atoms with Gasteiger partial charge in [0.05, 0.1) is 12.6 Å². The maximum absolute atomic E-state index is 13.2. The molecular formula is C15H21F3N2O2. The molecule has 0 heterocycles. The molecule has 0 fully saturated rings. The molecule has 3 N–H and O–H groups in total. The van der Waals surface area contributed by atoms with Crippen molar-refractivity contribution in [3.05, 3.63) is 35.1 Å². The zero-order valence-electron chi connectivity index (χ0n) is 12.6. The molecule has 0 bridgehead atoms. The highest BCUT2D eigenvalue weighted by Gasteiger charge is 2.18. The van der Waals surface area contributed by atoms with Crippen LogP contribution in [0.5, 0.6) is 0 Å². The fraction of sp³-hybridized carbons (Fsp3) is 0.533. The van der Waals surface area contributed by atoms with Gasteiger partial charge in [-0.3, -0.25) is 0 Å². The van der Waals surface area contributed by atoms with Crippen LogP contribution in [-0.2, 0) is 0 Å². The van der Waals surface area contributed by atoms with Crippen molar-refractivity contribution in [2.24, 2.45) is 5.92 Å². The van der Waals surface area contributed by atoms with Gasteiger partial charge in [-0.25, -0.2) is 18.0 Å². The van der Waals surface area contributed by atoms with Gasteiger partial charge < -0.3 is 15.7 Å². The van der Waals surface area contributed by atoms with E-state index in [1.54, 1.807) is 0 Å². The molecule has 1 rings (SSSR count). The van der Waals surface area contributed by atoms with Crippen LogP contribution >= 0.6 is 0 Å². The lowest BCUT2D eigenvalue weighted by Gasteiger charge is -2.18. The van der Waals surface area contributed by atoms with E-state index in [9.17, 15) is 23.1 Å². The van der Waals surface area contributed by atoms with Crippen LogP contribution in [0.4, 0.5) is 18.0 Å². The Morgan fingerprint density at radius 3 is 2.32 bits per heavy atom. The van der Waals surface area contributed by atoms with Gasteiger partial charge in [0.2, 0.25) is 0 Å². The summed E-state index contributed by atoms with van der Waals surface area (Å²) in [6, 6.07) is -0.0842. The van der Waals surface area contributed by atoms with Crippen molar-refractivity contribution < 1.29 is 23.1 Å². The first-order valence-electron chi connectivity index (χ1n) is 7.14. The minimum absolute atomic E-state index is 0.0452. The topological polar surface area (TPSA) is 61.4 Å². The van der Waals surface area contributed by atoms with E-state index in [1.807, 2.05) is 0 Å². The molecule has 0 saturated heterocycles. The summed E-state index contributed by atoms with van der Waals surface area (Å²) in [5.74, 6) is -3.79. The fourth-order valence-electron chi connectivity index (χ4n) is 1.93. The molecule has 1 aromatic rings. The number of carbonyl (C=O) groups is 1. The lowest BCUT2D eigenvalue weighted by molar-refractivity contribution is 0.216. The van der Waals surface area contributed by atoms with Gasteiger partial charge >= 0.3 is 6.03 Å². The summed E-state index contributed by atoms with van der Waals surface area (Å²) in [4.78, 5) is 11.7. The molecule has 22 heavy (non-hydrogen) atoms. The second-order valence-corrected chi connectivity index (χ2v) is 5.47. The normalized spacial score (nSPS) is 12.3. The minimum atomic E-state index is -1.58. The summed E-state index contributed by atoms with van der Waals surface area (Å²) in [5.41, 5.74) is -0.0452. The Balaban J connectivity index is 2.59. The van der Waals surface area contributed by atoms with Crippen molar-refractivity contribution in [2.45, 2.75) is 32.7 Å². The van der Waals surface area contributed by atoms with Crippen LogP contribution in [0.3, 0.4) is 0 Å². The largest absolute Gasteiger partial charge is 0.394 e. The maximum Gasteiger partial charge on any atom is 0.315 e. The van der Waals surface area contributed by atoms with Gasteiger partial charge in [0.1, 0.15) is 0 Å². The van der Waals surface area contributed by atoms with Crippen LogP contribution in [0.2, 0.25) is 0 Å². The predicted molar refractivity (Wildman–Crippen MR) is 76.7 cm³/mol. The average molecular weight is 318 g/mol.